The van der Waals surface area contributed by atoms with Gasteiger partial charge in [0.2, 0.25) is 0 Å². The number of aromatic nitrogens is 2. The standard InChI is InChI=1S/C10H15N3O2/c1-2-3-4-6-11-9-8(10(14)15)5-7-12-13-9/h5,7H,2-4,6H2,1H3,(H,11,13)(H,14,15). The van der Waals surface area contributed by atoms with E-state index < -0.39 is 5.97 Å². The first-order chi connectivity index (χ1) is 7.25. The highest BCUT2D eigenvalue weighted by Crippen LogP contribution is 2.09. The lowest BCUT2D eigenvalue weighted by Gasteiger charge is -2.06. The topological polar surface area (TPSA) is 75.1 Å². The molecular formula is C10H15N3O2. The Kier molecular flexibility index (Phi) is 4.53. The normalized spacial score (nSPS) is 9.93. The van der Waals surface area contributed by atoms with E-state index in [1.807, 2.05) is 0 Å². The van der Waals surface area contributed by atoms with E-state index in [4.69, 9.17) is 5.11 Å². The van der Waals surface area contributed by atoms with E-state index >= 15 is 0 Å². The zero-order valence-electron chi connectivity index (χ0n) is 8.73. The van der Waals surface area contributed by atoms with E-state index in [1.54, 1.807) is 0 Å². The minimum Gasteiger partial charge on any atom is -0.478 e. The molecule has 0 aliphatic carbocycles. The zero-order valence-corrected chi connectivity index (χ0v) is 8.73. The van der Waals surface area contributed by atoms with Crippen LogP contribution in [0.15, 0.2) is 12.3 Å². The molecule has 5 heteroatoms. The number of carboxylic acids is 1. The van der Waals surface area contributed by atoms with Crippen LogP contribution in [0.5, 0.6) is 0 Å². The number of hydrogen-bond acceptors (Lipinski definition) is 4. The Morgan fingerprint density at radius 2 is 2.33 bits per heavy atom. The summed E-state index contributed by atoms with van der Waals surface area (Å²) in [4.78, 5) is 10.8. The third kappa shape index (κ3) is 3.53. The monoisotopic (exact) mass is 209 g/mol. The summed E-state index contributed by atoms with van der Waals surface area (Å²) >= 11 is 0. The Hall–Kier alpha value is -1.65. The predicted octanol–water partition coefficient (Wildman–Crippen LogP) is 1.78. The molecule has 82 valence electrons. The van der Waals surface area contributed by atoms with Crippen LogP contribution in [0.3, 0.4) is 0 Å². The fourth-order valence-electron chi connectivity index (χ4n) is 1.22. The van der Waals surface area contributed by atoms with Crippen molar-refractivity contribution in [2.75, 3.05) is 11.9 Å². The average Bonchev–Trinajstić information content (AvgIpc) is 2.25. The van der Waals surface area contributed by atoms with Crippen LogP contribution in [0.1, 0.15) is 36.5 Å². The molecule has 0 amide bonds. The molecule has 0 aliphatic rings. The van der Waals surface area contributed by atoms with E-state index in [0.717, 1.165) is 25.8 Å². The summed E-state index contributed by atoms with van der Waals surface area (Å²) in [6, 6.07) is 1.44. The van der Waals surface area contributed by atoms with Gasteiger partial charge in [-0.05, 0) is 12.5 Å². The van der Waals surface area contributed by atoms with Gasteiger partial charge >= 0.3 is 5.97 Å². The molecule has 0 atom stereocenters. The third-order valence-electron chi connectivity index (χ3n) is 2.02. The van der Waals surface area contributed by atoms with Gasteiger partial charge in [0, 0.05) is 6.54 Å². The summed E-state index contributed by atoms with van der Waals surface area (Å²) in [7, 11) is 0. The van der Waals surface area contributed by atoms with Gasteiger partial charge in [-0.15, -0.1) is 5.10 Å². The molecule has 2 N–H and O–H groups in total. The number of rotatable bonds is 6. The van der Waals surface area contributed by atoms with Crippen LogP contribution < -0.4 is 5.32 Å². The lowest BCUT2D eigenvalue weighted by atomic mass is 10.2. The smallest absolute Gasteiger partial charge is 0.339 e. The lowest BCUT2D eigenvalue weighted by Crippen LogP contribution is -2.10. The first-order valence-electron chi connectivity index (χ1n) is 5.04. The molecule has 0 radical (unpaired) electrons. The van der Waals surface area contributed by atoms with Gasteiger partial charge in [0.1, 0.15) is 5.56 Å². The Labute approximate surface area is 88.5 Å². The second-order valence-electron chi connectivity index (χ2n) is 3.23. The minimum absolute atomic E-state index is 0.168. The van der Waals surface area contributed by atoms with Crippen molar-refractivity contribution in [1.29, 1.82) is 0 Å². The molecule has 0 unspecified atom stereocenters. The highest BCUT2D eigenvalue weighted by molar-refractivity contribution is 5.92. The second-order valence-corrected chi connectivity index (χ2v) is 3.23. The number of anilines is 1. The SMILES string of the molecule is CCCCCNc1nnccc1C(=O)O. The number of carbonyl (C=O) groups is 1. The largest absolute Gasteiger partial charge is 0.478 e. The predicted molar refractivity (Wildman–Crippen MR) is 57.0 cm³/mol. The number of aromatic carboxylic acids is 1. The molecule has 1 rings (SSSR count). The Morgan fingerprint density at radius 1 is 1.53 bits per heavy atom. The van der Waals surface area contributed by atoms with Crippen LogP contribution in [0, 0.1) is 0 Å². The van der Waals surface area contributed by atoms with Crippen molar-refractivity contribution < 1.29 is 9.90 Å². The quantitative estimate of drug-likeness (QED) is 0.698. The van der Waals surface area contributed by atoms with Crippen molar-refractivity contribution in [3.8, 4) is 0 Å². The summed E-state index contributed by atoms with van der Waals surface area (Å²) in [5.74, 6) is -0.635. The van der Waals surface area contributed by atoms with E-state index in [-0.39, 0.29) is 5.56 Å². The van der Waals surface area contributed by atoms with Crippen molar-refractivity contribution in [1.82, 2.24) is 10.2 Å². The van der Waals surface area contributed by atoms with Crippen LogP contribution in [0.4, 0.5) is 5.82 Å². The van der Waals surface area contributed by atoms with Gasteiger partial charge in [-0.1, -0.05) is 19.8 Å². The van der Waals surface area contributed by atoms with Gasteiger partial charge in [-0.3, -0.25) is 0 Å². The summed E-state index contributed by atoms with van der Waals surface area (Å²) < 4.78 is 0. The van der Waals surface area contributed by atoms with Gasteiger partial charge in [-0.2, -0.15) is 5.10 Å². The highest BCUT2D eigenvalue weighted by Gasteiger charge is 2.09. The Balaban J connectivity index is 2.56. The molecule has 15 heavy (non-hydrogen) atoms. The molecule has 0 spiro atoms. The molecular weight excluding hydrogens is 194 g/mol. The van der Waals surface area contributed by atoms with E-state index in [0.29, 0.717) is 5.82 Å². The number of carboxylic acid groups (broad SMARTS) is 1. The average molecular weight is 209 g/mol. The number of nitrogens with zero attached hydrogens (tertiary/aromatic N) is 2. The van der Waals surface area contributed by atoms with Crippen LogP contribution in [0.25, 0.3) is 0 Å². The zero-order chi connectivity index (χ0) is 11.1. The van der Waals surface area contributed by atoms with Crippen LogP contribution in [-0.2, 0) is 0 Å². The van der Waals surface area contributed by atoms with Gasteiger partial charge in [0.25, 0.3) is 0 Å². The van der Waals surface area contributed by atoms with Gasteiger partial charge in [0.05, 0.1) is 6.20 Å². The first-order valence-corrected chi connectivity index (χ1v) is 5.04. The molecule has 0 fully saturated rings. The number of hydrogen-bond donors (Lipinski definition) is 2. The van der Waals surface area contributed by atoms with E-state index in [2.05, 4.69) is 22.4 Å². The molecule has 1 heterocycles. The molecule has 0 bridgehead atoms. The molecule has 1 aromatic heterocycles. The molecule has 0 aromatic carbocycles. The lowest BCUT2D eigenvalue weighted by molar-refractivity contribution is 0.0697. The summed E-state index contributed by atoms with van der Waals surface area (Å²) in [6.07, 6.45) is 4.64. The summed E-state index contributed by atoms with van der Waals surface area (Å²) in [5, 5.41) is 19.2. The van der Waals surface area contributed by atoms with Crippen molar-refractivity contribution >= 4 is 11.8 Å². The molecule has 0 saturated heterocycles. The van der Waals surface area contributed by atoms with Crippen molar-refractivity contribution in [3.63, 3.8) is 0 Å². The minimum atomic E-state index is -0.983. The van der Waals surface area contributed by atoms with E-state index in [1.165, 1.54) is 12.3 Å². The Bertz CT molecular complexity index is 328. The van der Waals surface area contributed by atoms with Crippen LogP contribution >= 0.6 is 0 Å². The third-order valence-corrected chi connectivity index (χ3v) is 2.02. The fraction of sp³-hybridized carbons (Fsp3) is 0.500. The van der Waals surface area contributed by atoms with Gasteiger partial charge in [-0.25, -0.2) is 4.79 Å². The maximum Gasteiger partial charge on any atom is 0.339 e. The van der Waals surface area contributed by atoms with Crippen molar-refractivity contribution in [3.05, 3.63) is 17.8 Å². The fourth-order valence-corrected chi connectivity index (χ4v) is 1.22. The first kappa shape index (κ1) is 11.4. The number of nitrogens with one attached hydrogen (secondary N) is 1. The van der Waals surface area contributed by atoms with Gasteiger partial charge < -0.3 is 10.4 Å². The molecule has 0 aliphatic heterocycles. The summed E-state index contributed by atoms with van der Waals surface area (Å²) in [6.45, 7) is 2.85. The number of unbranched alkanes of at least 4 members (excludes halogenated alkanes) is 2. The van der Waals surface area contributed by atoms with Crippen LogP contribution in [0.2, 0.25) is 0 Å². The van der Waals surface area contributed by atoms with E-state index in [9.17, 15) is 4.79 Å². The molecule has 5 nitrogen and oxygen atoms in total. The molecule has 0 saturated carbocycles. The summed E-state index contributed by atoms with van der Waals surface area (Å²) in [5.41, 5.74) is 0.168. The maximum atomic E-state index is 10.8. The van der Waals surface area contributed by atoms with Gasteiger partial charge in [0.15, 0.2) is 5.82 Å². The van der Waals surface area contributed by atoms with Crippen LogP contribution in [-0.4, -0.2) is 27.8 Å². The second kappa shape index (κ2) is 5.95. The Morgan fingerprint density at radius 3 is 3.00 bits per heavy atom. The maximum absolute atomic E-state index is 10.8. The van der Waals surface area contributed by atoms with Crippen molar-refractivity contribution in [2.24, 2.45) is 0 Å². The molecule has 1 aromatic rings. The van der Waals surface area contributed by atoms with Crippen molar-refractivity contribution in [2.45, 2.75) is 26.2 Å². The highest BCUT2D eigenvalue weighted by atomic mass is 16.4.